The first-order valence-corrected chi connectivity index (χ1v) is 11.5. The number of aromatic nitrogens is 5. The molecule has 9 heteroatoms. The maximum absolute atomic E-state index is 13.6. The Kier molecular flexibility index (Phi) is 4.69. The smallest absolute Gasteiger partial charge is 0.257 e. The first kappa shape index (κ1) is 20.3. The van der Waals surface area contributed by atoms with Crippen LogP contribution >= 0.6 is 0 Å². The largest absolute Gasteiger partial charge is 0.342 e. The third-order valence-electron chi connectivity index (χ3n) is 7.28. The lowest BCUT2D eigenvalue weighted by molar-refractivity contribution is -0.140. The summed E-state index contributed by atoms with van der Waals surface area (Å²) < 4.78 is 8.17. The average molecular weight is 446 g/mol. The summed E-state index contributed by atoms with van der Waals surface area (Å²) in [4.78, 5) is 31.4. The highest BCUT2D eigenvalue weighted by Crippen LogP contribution is 2.47. The minimum atomic E-state index is -0.720. The van der Waals surface area contributed by atoms with Gasteiger partial charge in [0, 0.05) is 39.2 Å². The second-order valence-corrected chi connectivity index (χ2v) is 9.15. The Morgan fingerprint density at radius 2 is 1.88 bits per heavy atom. The molecule has 3 fully saturated rings. The SMILES string of the molecule is Cc1nc(N2CCC3(CC2)O[C@@H]2CC[C@@H](c4ccccc4)N2C3=O)ncc1-c1ncnn1C. The van der Waals surface area contributed by atoms with Gasteiger partial charge in [0.15, 0.2) is 11.4 Å². The van der Waals surface area contributed by atoms with E-state index in [0.717, 1.165) is 29.9 Å². The van der Waals surface area contributed by atoms with Crippen molar-refractivity contribution < 1.29 is 9.53 Å². The fraction of sp³-hybridized carbons (Fsp3) is 0.458. The van der Waals surface area contributed by atoms with Crippen LogP contribution in [0, 0.1) is 6.92 Å². The second kappa shape index (κ2) is 7.62. The number of carbonyl (C=O) groups excluding carboxylic acids is 1. The number of rotatable bonds is 3. The summed E-state index contributed by atoms with van der Waals surface area (Å²) in [5.74, 6) is 1.57. The van der Waals surface area contributed by atoms with E-state index in [1.807, 2.05) is 43.3 Å². The zero-order valence-corrected chi connectivity index (χ0v) is 18.9. The highest BCUT2D eigenvalue weighted by molar-refractivity contribution is 5.88. The molecule has 0 unspecified atom stereocenters. The summed E-state index contributed by atoms with van der Waals surface area (Å²) in [6, 6.07) is 10.4. The molecule has 2 aromatic heterocycles. The molecule has 1 spiro atoms. The summed E-state index contributed by atoms with van der Waals surface area (Å²) in [5, 5.41) is 4.13. The number of ether oxygens (including phenoxy) is 1. The second-order valence-electron chi connectivity index (χ2n) is 9.15. The molecule has 0 N–H and O–H groups in total. The van der Waals surface area contributed by atoms with Gasteiger partial charge >= 0.3 is 0 Å². The summed E-state index contributed by atoms with van der Waals surface area (Å²) in [6.45, 7) is 3.33. The first-order valence-electron chi connectivity index (χ1n) is 11.5. The van der Waals surface area contributed by atoms with Gasteiger partial charge in [-0.15, -0.1) is 0 Å². The van der Waals surface area contributed by atoms with Gasteiger partial charge in [0.05, 0.1) is 17.3 Å². The Balaban J connectivity index is 1.18. The van der Waals surface area contributed by atoms with Gasteiger partial charge in [0.1, 0.15) is 12.6 Å². The fourth-order valence-electron chi connectivity index (χ4n) is 5.48. The van der Waals surface area contributed by atoms with E-state index in [-0.39, 0.29) is 18.2 Å². The highest BCUT2D eigenvalue weighted by atomic mass is 16.6. The van der Waals surface area contributed by atoms with Gasteiger partial charge in [-0.05, 0) is 25.3 Å². The number of aryl methyl sites for hydroxylation is 2. The van der Waals surface area contributed by atoms with Crippen LogP contribution in [0.1, 0.15) is 43.0 Å². The summed E-state index contributed by atoms with van der Waals surface area (Å²) in [5.41, 5.74) is 2.20. The zero-order valence-electron chi connectivity index (χ0n) is 18.9. The Morgan fingerprint density at radius 1 is 1.09 bits per heavy atom. The maximum Gasteiger partial charge on any atom is 0.257 e. The molecule has 0 bridgehead atoms. The number of carbonyl (C=O) groups is 1. The van der Waals surface area contributed by atoms with Gasteiger partial charge in [-0.1, -0.05) is 30.3 Å². The topological polar surface area (TPSA) is 89.3 Å². The van der Waals surface area contributed by atoms with Crippen molar-refractivity contribution in [1.29, 1.82) is 0 Å². The number of hydrogen-bond acceptors (Lipinski definition) is 7. The quantitative estimate of drug-likeness (QED) is 0.612. The van der Waals surface area contributed by atoms with Crippen molar-refractivity contribution >= 4 is 11.9 Å². The molecule has 2 atom stereocenters. The van der Waals surface area contributed by atoms with Crippen LogP contribution in [-0.2, 0) is 16.6 Å². The molecule has 6 rings (SSSR count). The predicted octanol–water partition coefficient (Wildman–Crippen LogP) is 2.64. The molecule has 5 heterocycles. The number of amides is 1. The summed E-state index contributed by atoms with van der Waals surface area (Å²) in [7, 11) is 1.85. The lowest BCUT2D eigenvalue weighted by Crippen LogP contribution is -2.50. The van der Waals surface area contributed by atoms with Crippen molar-refractivity contribution in [3.63, 3.8) is 0 Å². The van der Waals surface area contributed by atoms with Crippen LogP contribution in [0.4, 0.5) is 5.95 Å². The van der Waals surface area contributed by atoms with Gasteiger partial charge in [-0.25, -0.2) is 19.6 Å². The van der Waals surface area contributed by atoms with Crippen LogP contribution in [0.2, 0.25) is 0 Å². The van der Waals surface area contributed by atoms with Crippen molar-refractivity contribution in [3.05, 3.63) is 54.1 Å². The molecule has 3 saturated heterocycles. The van der Waals surface area contributed by atoms with Crippen LogP contribution in [0.5, 0.6) is 0 Å². The molecular formula is C24H27N7O2. The first-order chi connectivity index (χ1) is 16.1. The number of benzene rings is 1. The van der Waals surface area contributed by atoms with Gasteiger partial charge < -0.3 is 14.5 Å². The zero-order chi connectivity index (χ0) is 22.6. The lowest BCUT2D eigenvalue weighted by Gasteiger charge is -2.37. The van der Waals surface area contributed by atoms with Gasteiger partial charge in [0.2, 0.25) is 5.95 Å². The predicted molar refractivity (Wildman–Crippen MR) is 121 cm³/mol. The summed E-state index contributed by atoms with van der Waals surface area (Å²) in [6.07, 6.45) is 6.36. The van der Waals surface area contributed by atoms with Crippen molar-refractivity contribution in [2.24, 2.45) is 7.05 Å². The highest BCUT2D eigenvalue weighted by Gasteiger charge is 2.58. The van der Waals surface area contributed by atoms with E-state index in [0.29, 0.717) is 31.9 Å². The number of anilines is 1. The molecular weight excluding hydrogens is 418 g/mol. The fourth-order valence-corrected chi connectivity index (χ4v) is 5.48. The molecule has 0 saturated carbocycles. The van der Waals surface area contributed by atoms with Crippen LogP contribution in [0.25, 0.3) is 11.4 Å². The Hall–Kier alpha value is -3.33. The van der Waals surface area contributed by atoms with E-state index in [9.17, 15) is 4.79 Å². The van der Waals surface area contributed by atoms with E-state index in [4.69, 9.17) is 9.72 Å². The molecule has 0 radical (unpaired) electrons. The normalized spacial score (nSPS) is 24.0. The van der Waals surface area contributed by atoms with Crippen molar-refractivity contribution in [3.8, 4) is 11.4 Å². The van der Waals surface area contributed by atoms with Gasteiger partial charge in [-0.2, -0.15) is 5.10 Å². The molecule has 33 heavy (non-hydrogen) atoms. The third-order valence-corrected chi connectivity index (χ3v) is 7.28. The lowest BCUT2D eigenvalue weighted by atomic mass is 9.89. The van der Waals surface area contributed by atoms with E-state index in [1.54, 1.807) is 4.68 Å². The Morgan fingerprint density at radius 3 is 2.58 bits per heavy atom. The van der Waals surface area contributed by atoms with E-state index < -0.39 is 5.60 Å². The monoisotopic (exact) mass is 445 g/mol. The van der Waals surface area contributed by atoms with Crippen molar-refractivity contribution in [1.82, 2.24) is 29.6 Å². The molecule has 1 aromatic carbocycles. The average Bonchev–Trinajstić information content (AvgIpc) is 3.51. The van der Waals surface area contributed by atoms with E-state index in [1.165, 1.54) is 11.9 Å². The van der Waals surface area contributed by atoms with E-state index in [2.05, 4.69) is 32.1 Å². The van der Waals surface area contributed by atoms with Crippen molar-refractivity contribution in [2.75, 3.05) is 18.0 Å². The minimum Gasteiger partial charge on any atom is -0.342 e. The molecule has 3 aliphatic heterocycles. The standard InChI is InChI=1S/C24H27N7O2/c1-16-18(21-26-15-27-29(21)2)14-25-23(28-16)30-12-10-24(11-13-30)22(32)31-19(8-9-20(31)33-24)17-6-4-3-5-7-17/h3-7,14-15,19-20H,8-13H2,1-2H3/t19-,20+/m0/s1. The van der Waals surface area contributed by atoms with Crippen LogP contribution in [-0.4, -0.2) is 60.5 Å². The maximum atomic E-state index is 13.6. The molecule has 0 aliphatic carbocycles. The molecule has 3 aliphatic rings. The number of nitrogens with zero attached hydrogens (tertiary/aromatic N) is 7. The Labute approximate surface area is 192 Å². The van der Waals surface area contributed by atoms with Crippen molar-refractivity contribution in [2.45, 2.75) is 50.5 Å². The Bertz CT molecular complexity index is 1190. The number of hydrogen-bond donors (Lipinski definition) is 0. The van der Waals surface area contributed by atoms with Gasteiger partial charge in [-0.3, -0.25) is 4.79 Å². The molecule has 170 valence electrons. The van der Waals surface area contributed by atoms with Crippen LogP contribution < -0.4 is 4.90 Å². The molecule has 3 aromatic rings. The summed E-state index contributed by atoms with van der Waals surface area (Å²) >= 11 is 0. The number of fused-ring (bicyclic) bond motifs is 1. The number of piperidine rings is 1. The van der Waals surface area contributed by atoms with Crippen LogP contribution in [0.3, 0.4) is 0 Å². The van der Waals surface area contributed by atoms with E-state index >= 15 is 0 Å². The third kappa shape index (κ3) is 3.21. The van der Waals surface area contributed by atoms with Crippen LogP contribution in [0.15, 0.2) is 42.9 Å². The van der Waals surface area contributed by atoms with Gasteiger partial charge in [0.25, 0.3) is 5.91 Å². The minimum absolute atomic E-state index is 0.111. The molecule has 1 amide bonds. The molecule has 9 nitrogen and oxygen atoms in total.